The molecule has 0 bridgehead atoms. The minimum atomic E-state index is -1.14. The van der Waals surface area contributed by atoms with Gasteiger partial charge in [0, 0.05) is 18.4 Å². The number of nitrogens with two attached hydrogens (primary N) is 1. The number of aliphatic hydroxyl groups excluding tert-OH is 2. The molecule has 0 unspecified atom stereocenters. The zero-order valence-electron chi connectivity index (χ0n) is 14.4. The monoisotopic (exact) mass is 357 g/mol. The van der Waals surface area contributed by atoms with Gasteiger partial charge in [0.1, 0.15) is 18.3 Å². The van der Waals surface area contributed by atoms with Gasteiger partial charge in [-0.15, -0.1) is 0 Å². The van der Waals surface area contributed by atoms with Crippen LogP contribution in [0.3, 0.4) is 0 Å². The molecule has 1 saturated heterocycles. The van der Waals surface area contributed by atoms with E-state index in [4.69, 9.17) is 15.2 Å². The first kappa shape index (κ1) is 19.8. The molecule has 142 valence electrons. The minimum Gasteiger partial charge on any atom is -0.394 e. The first-order valence-electron chi connectivity index (χ1n) is 8.57. The van der Waals surface area contributed by atoms with E-state index in [9.17, 15) is 19.8 Å². The number of nitrogens with one attached hydrogen (secondary N) is 1. The van der Waals surface area contributed by atoms with Crippen LogP contribution in [0.2, 0.25) is 0 Å². The van der Waals surface area contributed by atoms with E-state index in [2.05, 4.69) is 4.98 Å². The van der Waals surface area contributed by atoms with E-state index < -0.39 is 35.8 Å². The highest BCUT2D eigenvalue weighted by Crippen LogP contribution is 2.30. The zero-order chi connectivity index (χ0) is 18.4. The van der Waals surface area contributed by atoms with Gasteiger partial charge in [0.25, 0.3) is 5.56 Å². The van der Waals surface area contributed by atoms with E-state index in [1.165, 1.54) is 6.20 Å². The lowest BCUT2D eigenvalue weighted by atomic mass is 10.1. The molecule has 5 N–H and O–H groups in total. The van der Waals surface area contributed by atoms with Gasteiger partial charge in [-0.25, -0.2) is 4.79 Å². The van der Waals surface area contributed by atoms with Gasteiger partial charge in [-0.1, -0.05) is 12.8 Å². The highest BCUT2D eigenvalue weighted by atomic mass is 16.6. The van der Waals surface area contributed by atoms with Crippen LogP contribution in [0.4, 0.5) is 0 Å². The summed E-state index contributed by atoms with van der Waals surface area (Å²) in [6.45, 7) is 2.29. The second kappa shape index (κ2) is 9.25. The van der Waals surface area contributed by atoms with Gasteiger partial charge in [-0.3, -0.25) is 14.3 Å². The summed E-state index contributed by atoms with van der Waals surface area (Å²) < 4.78 is 12.4. The van der Waals surface area contributed by atoms with Crippen LogP contribution in [0.1, 0.15) is 37.5 Å². The van der Waals surface area contributed by atoms with Crippen molar-refractivity contribution in [3.05, 3.63) is 32.6 Å². The van der Waals surface area contributed by atoms with Crippen LogP contribution in [-0.4, -0.2) is 57.8 Å². The van der Waals surface area contributed by atoms with Gasteiger partial charge in [-0.2, -0.15) is 0 Å². The van der Waals surface area contributed by atoms with Crippen LogP contribution < -0.4 is 17.0 Å². The summed E-state index contributed by atoms with van der Waals surface area (Å²) in [7, 11) is 0. The summed E-state index contributed by atoms with van der Waals surface area (Å²) in [5, 5.41) is 20.0. The maximum atomic E-state index is 12.0. The minimum absolute atomic E-state index is 0.320. The standard InChI is InChI=1S/C16H27N3O6/c1-10-8-19(16(23)18-14(10)22)15-12(21)13(11(9-20)25-15)24-7-5-3-2-4-6-17/h8,11-13,15,20-21H,2-7,9,17H2,1H3,(H,18,22,23)/t11-,12-,13-,15-/m1/s1. The Bertz CT molecular complexity index is 658. The summed E-state index contributed by atoms with van der Waals surface area (Å²) in [6.07, 6.45) is 1.43. The smallest absolute Gasteiger partial charge is 0.330 e. The van der Waals surface area contributed by atoms with Crippen molar-refractivity contribution in [1.29, 1.82) is 0 Å². The fraction of sp³-hybridized carbons (Fsp3) is 0.750. The third kappa shape index (κ3) is 4.77. The molecule has 1 aromatic rings. The van der Waals surface area contributed by atoms with Crippen LogP contribution in [0.15, 0.2) is 15.8 Å². The van der Waals surface area contributed by atoms with Gasteiger partial charge in [-0.05, 0) is 26.3 Å². The Morgan fingerprint density at radius 3 is 2.72 bits per heavy atom. The molecule has 0 saturated carbocycles. The lowest BCUT2D eigenvalue weighted by Gasteiger charge is -2.20. The number of aromatic amines is 1. The fourth-order valence-corrected chi connectivity index (χ4v) is 2.90. The second-order valence-electron chi connectivity index (χ2n) is 6.26. The van der Waals surface area contributed by atoms with Crippen molar-refractivity contribution < 1.29 is 19.7 Å². The maximum Gasteiger partial charge on any atom is 0.330 e. The second-order valence-corrected chi connectivity index (χ2v) is 6.26. The van der Waals surface area contributed by atoms with Crippen molar-refractivity contribution in [1.82, 2.24) is 9.55 Å². The Morgan fingerprint density at radius 1 is 1.32 bits per heavy atom. The third-order valence-electron chi connectivity index (χ3n) is 4.32. The van der Waals surface area contributed by atoms with E-state index >= 15 is 0 Å². The molecule has 2 rings (SSSR count). The number of nitrogens with zero attached hydrogens (tertiary/aromatic N) is 1. The number of H-pyrrole nitrogens is 1. The number of aliphatic hydroxyl groups is 2. The molecule has 1 fully saturated rings. The van der Waals surface area contributed by atoms with E-state index in [-0.39, 0.29) is 6.61 Å². The molecule has 0 radical (unpaired) electrons. The summed E-state index contributed by atoms with van der Waals surface area (Å²) in [4.78, 5) is 25.6. The Balaban J connectivity index is 2.02. The Labute approximate surface area is 145 Å². The molecular formula is C16H27N3O6. The molecule has 9 nitrogen and oxygen atoms in total. The van der Waals surface area contributed by atoms with Crippen LogP contribution in [0.25, 0.3) is 0 Å². The largest absolute Gasteiger partial charge is 0.394 e. The van der Waals surface area contributed by atoms with Gasteiger partial charge in [0.2, 0.25) is 0 Å². The van der Waals surface area contributed by atoms with Gasteiger partial charge >= 0.3 is 5.69 Å². The van der Waals surface area contributed by atoms with E-state index in [0.29, 0.717) is 18.7 Å². The molecule has 1 aliphatic heterocycles. The van der Waals surface area contributed by atoms with E-state index in [1.54, 1.807) is 6.92 Å². The van der Waals surface area contributed by atoms with Gasteiger partial charge in [0.15, 0.2) is 6.23 Å². The normalized spacial score (nSPS) is 26.2. The van der Waals surface area contributed by atoms with Crippen molar-refractivity contribution in [3.8, 4) is 0 Å². The first-order valence-corrected chi connectivity index (χ1v) is 8.57. The predicted molar refractivity (Wildman–Crippen MR) is 90.3 cm³/mol. The molecule has 4 atom stereocenters. The lowest BCUT2D eigenvalue weighted by molar-refractivity contribution is -0.0626. The van der Waals surface area contributed by atoms with Crippen LogP contribution in [0.5, 0.6) is 0 Å². The molecule has 25 heavy (non-hydrogen) atoms. The summed E-state index contributed by atoms with van der Waals surface area (Å²) in [5.41, 5.74) is 4.59. The molecule has 9 heteroatoms. The number of unbranched alkanes of at least 4 members (excludes halogenated alkanes) is 3. The van der Waals surface area contributed by atoms with Gasteiger partial charge < -0.3 is 25.4 Å². The number of ether oxygens (including phenoxy) is 2. The number of aryl methyl sites for hydroxylation is 1. The lowest BCUT2D eigenvalue weighted by Crippen LogP contribution is -2.39. The molecule has 0 aliphatic carbocycles. The number of aromatic nitrogens is 2. The molecule has 0 aromatic carbocycles. The Kier molecular flexibility index (Phi) is 7.33. The van der Waals surface area contributed by atoms with Crippen molar-refractivity contribution in [3.63, 3.8) is 0 Å². The maximum absolute atomic E-state index is 12.0. The van der Waals surface area contributed by atoms with Crippen LogP contribution in [-0.2, 0) is 9.47 Å². The molecule has 0 amide bonds. The van der Waals surface area contributed by atoms with Crippen molar-refractivity contribution >= 4 is 0 Å². The first-order chi connectivity index (χ1) is 12.0. The van der Waals surface area contributed by atoms with Crippen molar-refractivity contribution in [2.24, 2.45) is 5.73 Å². The van der Waals surface area contributed by atoms with Crippen LogP contribution >= 0.6 is 0 Å². The van der Waals surface area contributed by atoms with Crippen molar-refractivity contribution in [2.75, 3.05) is 19.8 Å². The Morgan fingerprint density at radius 2 is 2.04 bits per heavy atom. The Hall–Kier alpha value is -1.52. The molecule has 1 aromatic heterocycles. The predicted octanol–water partition coefficient (Wildman–Crippen LogP) is -1.00. The topological polar surface area (TPSA) is 140 Å². The highest BCUT2D eigenvalue weighted by molar-refractivity contribution is 5.03. The highest BCUT2D eigenvalue weighted by Gasteiger charge is 2.45. The average Bonchev–Trinajstić information content (AvgIpc) is 2.90. The average molecular weight is 357 g/mol. The fourth-order valence-electron chi connectivity index (χ4n) is 2.90. The quantitative estimate of drug-likeness (QED) is 0.416. The van der Waals surface area contributed by atoms with E-state index in [0.717, 1.165) is 30.3 Å². The molecule has 2 heterocycles. The molecular weight excluding hydrogens is 330 g/mol. The molecule has 0 spiro atoms. The number of hydrogen-bond acceptors (Lipinski definition) is 7. The summed E-state index contributed by atoms with van der Waals surface area (Å²) in [6, 6.07) is 0. The van der Waals surface area contributed by atoms with Gasteiger partial charge in [0.05, 0.1) is 6.61 Å². The SMILES string of the molecule is Cc1cn([C@@H]2O[C@H](CO)[C@@H](OCCCCCCN)[C@H]2O)c(=O)[nH]c1=O. The van der Waals surface area contributed by atoms with E-state index in [1.807, 2.05) is 0 Å². The summed E-state index contributed by atoms with van der Waals surface area (Å²) in [5.74, 6) is 0. The molecule has 1 aliphatic rings. The van der Waals surface area contributed by atoms with Crippen LogP contribution in [0, 0.1) is 6.92 Å². The number of hydrogen-bond donors (Lipinski definition) is 4. The van der Waals surface area contributed by atoms with Crippen molar-refractivity contribution in [2.45, 2.75) is 57.1 Å². The summed E-state index contributed by atoms with van der Waals surface area (Å²) >= 11 is 0. The third-order valence-corrected chi connectivity index (χ3v) is 4.32. The zero-order valence-corrected chi connectivity index (χ0v) is 14.4. The number of rotatable bonds is 9.